The molecule has 0 aliphatic carbocycles. The fourth-order valence-electron chi connectivity index (χ4n) is 7.71. The lowest BCUT2D eigenvalue weighted by Gasteiger charge is -2.26. The summed E-state index contributed by atoms with van der Waals surface area (Å²) in [7, 11) is 5.91. The van der Waals surface area contributed by atoms with Crippen molar-refractivity contribution in [2.45, 2.75) is 232 Å². The number of carboxylic acids is 1. The molecule has 0 fully saturated rings. The molecule has 0 aromatic carbocycles. The van der Waals surface area contributed by atoms with Crippen LogP contribution in [0.5, 0.6) is 0 Å². The maximum Gasteiger partial charge on any atom is 0.306 e. The maximum absolute atomic E-state index is 12.9. The van der Waals surface area contributed by atoms with Crippen LogP contribution in [0.25, 0.3) is 0 Å². The number of carbonyl (C=O) groups excluding carboxylic acids is 3. The lowest BCUT2D eigenvalue weighted by Crippen LogP contribution is -2.44. The third-order valence-corrected chi connectivity index (χ3v) is 12.2. The Balaban J connectivity index is 4.17. The topological polar surface area (TPSA) is 111 Å². The molecule has 0 aromatic heterocycles. The predicted molar refractivity (Wildman–Crippen MR) is 315 cm³/mol. The summed E-state index contributed by atoms with van der Waals surface area (Å²) in [5.41, 5.74) is 0. The van der Waals surface area contributed by atoms with Gasteiger partial charge in [0.25, 0.3) is 0 Å². The highest BCUT2D eigenvalue weighted by Crippen LogP contribution is 2.15. The van der Waals surface area contributed by atoms with Crippen molar-refractivity contribution < 1.29 is 42.9 Å². The summed E-state index contributed by atoms with van der Waals surface area (Å²) in [6.07, 6.45) is 75.4. The van der Waals surface area contributed by atoms with Crippen LogP contribution in [-0.4, -0.2) is 82.3 Å². The summed E-state index contributed by atoms with van der Waals surface area (Å²) in [6.45, 7) is 4.48. The third kappa shape index (κ3) is 57.2. The smallest absolute Gasteiger partial charge is 0.306 e. The lowest BCUT2D eigenvalue weighted by molar-refractivity contribution is -0.870. The number of aliphatic carboxylic acids is 1. The summed E-state index contributed by atoms with van der Waals surface area (Å²) in [5.74, 6) is -2.32. The van der Waals surface area contributed by atoms with Crippen molar-refractivity contribution in [2.24, 2.45) is 0 Å². The average molecular weight is 1040 g/mol. The fourth-order valence-corrected chi connectivity index (χ4v) is 7.71. The molecule has 0 aliphatic rings. The number of quaternary nitrogens is 1. The molecule has 9 heteroatoms. The van der Waals surface area contributed by atoms with Crippen molar-refractivity contribution in [3.05, 3.63) is 122 Å². The SMILES string of the molecule is CC/C=C\C/C=C\C/C=C\C/C=C\C/C=C\C/C=C\C/C=C\CCCCCCCCCCCCCCCC(=O)OC(COC(=O)CCCCCCC/C=C\C/C=C\C/C=C\CC)COC(OCC[N+](C)(C)C)C(=O)[O-]. The van der Waals surface area contributed by atoms with E-state index in [1.807, 2.05) is 21.1 Å². The van der Waals surface area contributed by atoms with Crippen molar-refractivity contribution in [1.82, 2.24) is 0 Å². The van der Waals surface area contributed by atoms with Gasteiger partial charge in [0.15, 0.2) is 12.4 Å². The van der Waals surface area contributed by atoms with Gasteiger partial charge < -0.3 is 33.3 Å². The van der Waals surface area contributed by atoms with Gasteiger partial charge in [0.2, 0.25) is 0 Å². The molecule has 0 amide bonds. The van der Waals surface area contributed by atoms with Crippen LogP contribution in [-0.2, 0) is 33.3 Å². The van der Waals surface area contributed by atoms with E-state index in [0.717, 1.165) is 116 Å². The summed E-state index contributed by atoms with van der Waals surface area (Å²) in [4.78, 5) is 37.3. The second-order valence-electron chi connectivity index (χ2n) is 20.5. The van der Waals surface area contributed by atoms with Crippen molar-refractivity contribution >= 4 is 17.9 Å². The first-order valence-corrected chi connectivity index (χ1v) is 29.7. The van der Waals surface area contributed by atoms with Gasteiger partial charge in [0.05, 0.1) is 40.3 Å². The van der Waals surface area contributed by atoms with Crippen LogP contribution in [0.4, 0.5) is 0 Å². The van der Waals surface area contributed by atoms with E-state index >= 15 is 0 Å². The summed E-state index contributed by atoms with van der Waals surface area (Å²) in [5, 5.41) is 11.8. The Morgan fingerprint density at radius 3 is 1.07 bits per heavy atom. The van der Waals surface area contributed by atoms with Crippen LogP contribution >= 0.6 is 0 Å². The first kappa shape index (κ1) is 70.7. The molecule has 2 unspecified atom stereocenters. The van der Waals surface area contributed by atoms with Crippen LogP contribution in [0.15, 0.2) is 122 Å². The van der Waals surface area contributed by atoms with Gasteiger partial charge in [0.1, 0.15) is 13.2 Å². The summed E-state index contributed by atoms with van der Waals surface area (Å²) < 4.78 is 22.7. The van der Waals surface area contributed by atoms with Crippen LogP contribution in [0, 0.1) is 0 Å². The number of allylic oxidation sites excluding steroid dienone is 20. The maximum atomic E-state index is 12.9. The van der Waals surface area contributed by atoms with E-state index in [4.69, 9.17) is 18.9 Å². The van der Waals surface area contributed by atoms with Gasteiger partial charge in [-0.15, -0.1) is 0 Å². The van der Waals surface area contributed by atoms with Crippen molar-refractivity contribution in [3.8, 4) is 0 Å². The minimum atomic E-state index is -1.63. The number of hydrogen-bond acceptors (Lipinski definition) is 8. The van der Waals surface area contributed by atoms with Crippen LogP contribution in [0.3, 0.4) is 0 Å². The molecule has 0 heterocycles. The van der Waals surface area contributed by atoms with Gasteiger partial charge in [-0.25, -0.2) is 0 Å². The molecule has 0 spiro atoms. The molecule has 9 nitrogen and oxygen atoms in total. The summed E-state index contributed by atoms with van der Waals surface area (Å²) in [6, 6.07) is 0. The largest absolute Gasteiger partial charge is 0.545 e. The number of ether oxygens (including phenoxy) is 4. The van der Waals surface area contributed by atoms with Crippen LogP contribution in [0.1, 0.15) is 219 Å². The second kappa shape index (κ2) is 55.9. The minimum Gasteiger partial charge on any atom is -0.545 e. The Labute approximate surface area is 459 Å². The van der Waals surface area contributed by atoms with E-state index in [1.165, 1.54) is 64.2 Å². The van der Waals surface area contributed by atoms with Gasteiger partial charge in [-0.05, 0) is 103 Å². The van der Waals surface area contributed by atoms with E-state index in [9.17, 15) is 19.5 Å². The van der Waals surface area contributed by atoms with E-state index in [2.05, 4.69) is 135 Å². The Morgan fingerprint density at radius 2 is 0.720 bits per heavy atom. The standard InChI is InChI=1S/C66H109NO8/c1-6-8-10-12-14-16-18-20-22-23-24-25-26-27-28-29-30-31-32-33-34-35-36-37-38-39-40-41-43-45-47-49-51-53-55-57-64(69)75-62(61-74-66(65(70)71)72-59-58-67(3,4)5)60-73-63(68)56-54-52-50-48-46-44-42-21-19-17-15-13-11-9-7-2/h8-11,14-17,20-22,24-25,27-28,30-31,33-34,42,62,66H,6-7,12-13,18-19,23,26,29,32,35-41,43-61H2,1-5H3/b10-8-,11-9-,16-14-,17-15-,22-20-,25-24-,28-27-,31-30-,34-33-,42-21-. The molecule has 0 aromatic rings. The number of unbranched alkanes of at least 4 members (excludes halogenated alkanes) is 18. The molecule has 426 valence electrons. The number of carbonyl (C=O) groups is 3. The van der Waals surface area contributed by atoms with Gasteiger partial charge in [-0.3, -0.25) is 9.59 Å². The van der Waals surface area contributed by atoms with E-state index in [0.29, 0.717) is 23.9 Å². The first-order chi connectivity index (χ1) is 36.6. The van der Waals surface area contributed by atoms with E-state index in [1.54, 1.807) is 0 Å². The highest BCUT2D eigenvalue weighted by atomic mass is 16.7. The molecule has 0 aliphatic heterocycles. The number of nitrogens with zero attached hydrogens (tertiary/aromatic N) is 1. The number of hydrogen-bond donors (Lipinski definition) is 0. The van der Waals surface area contributed by atoms with Crippen molar-refractivity contribution in [1.29, 1.82) is 0 Å². The molecular formula is C66H109NO8. The average Bonchev–Trinajstić information content (AvgIpc) is 3.38. The molecule has 0 bridgehead atoms. The Morgan fingerprint density at radius 1 is 0.400 bits per heavy atom. The molecule has 0 rings (SSSR count). The molecule has 2 atom stereocenters. The molecule has 0 saturated heterocycles. The van der Waals surface area contributed by atoms with E-state index < -0.39 is 24.3 Å². The predicted octanol–water partition coefficient (Wildman–Crippen LogP) is 16.3. The van der Waals surface area contributed by atoms with Gasteiger partial charge >= 0.3 is 11.9 Å². The summed E-state index contributed by atoms with van der Waals surface area (Å²) >= 11 is 0. The Kier molecular flexibility index (Phi) is 52.7. The minimum absolute atomic E-state index is 0.139. The molecule has 75 heavy (non-hydrogen) atoms. The Hall–Kier alpha value is -4.31. The highest BCUT2D eigenvalue weighted by Gasteiger charge is 2.22. The van der Waals surface area contributed by atoms with E-state index in [-0.39, 0.29) is 38.6 Å². The lowest BCUT2D eigenvalue weighted by atomic mass is 10.0. The van der Waals surface area contributed by atoms with Gasteiger partial charge in [-0.1, -0.05) is 225 Å². The highest BCUT2D eigenvalue weighted by molar-refractivity contribution is 5.70. The normalized spacial score (nSPS) is 13.7. The molecule has 0 saturated carbocycles. The zero-order valence-electron chi connectivity index (χ0n) is 48.4. The zero-order valence-corrected chi connectivity index (χ0v) is 48.4. The number of carboxylic acid groups (broad SMARTS) is 1. The van der Waals surface area contributed by atoms with Crippen LogP contribution in [0.2, 0.25) is 0 Å². The number of rotatable bonds is 53. The van der Waals surface area contributed by atoms with Gasteiger partial charge in [-0.2, -0.15) is 0 Å². The quantitative estimate of drug-likeness (QED) is 0.0195. The molecular weight excluding hydrogens is 935 g/mol. The molecule has 0 radical (unpaired) electrons. The van der Waals surface area contributed by atoms with Crippen molar-refractivity contribution in [2.75, 3.05) is 47.5 Å². The van der Waals surface area contributed by atoms with Crippen LogP contribution < -0.4 is 5.11 Å². The van der Waals surface area contributed by atoms with Crippen molar-refractivity contribution in [3.63, 3.8) is 0 Å². The third-order valence-electron chi connectivity index (χ3n) is 12.2. The van der Waals surface area contributed by atoms with Gasteiger partial charge in [0, 0.05) is 12.8 Å². The number of esters is 2. The Bertz CT molecular complexity index is 1640. The second-order valence-corrected chi connectivity index (χ2v) is 20.5. The number of likely N-dealkylation sites (N-methyl/N-ethyl adjacent to an activating group) is 1. The fraction of sp³-hybridized carbons (Fsp3) is 0.652. The molecule has 0 N–H and O–H groups in total. The zero-order chi connectivity index (χ0) is 54.8. The monoisotopic (exact) mass is 1040 g/mol. The first-order valence-electron chi connectivity index (χ1n) is 29.7.